The van der Waals surface area contributed by atoms with Crippen molar-refractivity contribution in [2.75, 3.05) is 7.11 Å². The summed E-state index contributed by atoms with van der Waals surface area (Å²) in [6.45, 7) is 3.31. The first-order valence-electron chi connectivity index (χ1n) is 13.3. The molecule has 2 atom stereocenters. The summed E-state index contributed by atoms with van der Waals surface area (Å²) in [5, 5.41) is 33.8. The SMILES string of the molecule is COC(=O)CC(c1ccc(OCc2ccccn2)cc1)c1c(O)c(C(C)=O)cc(C2OCc3cnc(C)c(O)c32)c1O. The molecule has 2 unspecified atom stereocenters. The molecule has 4 aromatic rings. The quantitative estimate of drug-likeness (QED) is 0.185. The van der Waals surface area contributed by atoms with Gasteiger partial charge in [-0.1, -0.05) is 18.2 Å². The number of methoxy groups -OCH3 is 1. The van der Waals surface area contributed by atoms with E-state index in [0.29, 0.717) is 28.1 Å². The van der Waals surface area contributed by atoms with Crippen molar-refractivity contribution in [2.45, 2.75) is 45.5 Å². The number of aromatic hydroxyl groups is 3. The normalized spacial score (nSPS) is 14.7. The van der Waals surface area contributed by atoms with Crippen LogP contribution in [0, 0.1) is 6.92 Å². The van der Waals surface area contributed by atoms with Crippen LogP contribution in [0.15, 0.2) is 60.9 Å². The van der Waals surface area contributed by atoms with Gasteiger partial charge in [-0.25, -0.2) is 0 Å². The van der Waals surface area contributed by atoms with Gasteiger partial charge < -0.3 is 29.5 Å². The largest absolute Gasteiger partial charge is 0.507 e. The van der Waals surface area contributed by atoms with Crippen molar-refractivity contribution in [3.8, 4) is 23.0 Å². The Balaban J connectivity index is 1.59. The third kappa shape index (κ3) is 5.48. The molecule has 3 heterocycles. The fourth-order valence-electron chi connectivity index (χ4n) is 5.14. The molecule has 0 spiro atoms. The number of carbonyl (C=O) groups excluding carboxylic acids is 2. The van der Waals surface area contributed by atoms with Gasteiger partial charge in [-0.15, -0.1) is 0 Å². The minimum atomic E-state index is -0.944. The van der Waals surface area contributed by atoms with Crippen molar-refractivity contribution in [3.63, 3.8) is 0 Å². The van der Waals surface area contributed by atoms with E-state index in [0.717, 1.165) is 5.69 Å². The number of fused-ring (bicyclic) bond motifs is 1. The Morgan fingerprint density at radius 2 is 1.81 bits per heavy atom. The highest BCUT2D eigenvalue weighted by atomic mass is 16.5. The Hall–Kier alpha value is -4.96. The van der Waals surface area contributed by atoms with E-state index in [2.05, 4.69) is 9.97 Å². The molecule has 0 aliphatic carbocycles. The van der Waals surface area contributed by atoms with E-state index in [1.54, 1.807) is 43.6 Å². The van der Waals surface area contributed by atoms with Gasteiger partial charge in [0.1, 0.15) is 35.7 Å². The number of phenols is 2. The molecule has 0 saturated carbocycles. The molecule has 0 bridgehead atoms. The number of benzene rings is 2. The molecule has 0 saturated heterocycles. The van der Waals surface area contributed by atoms with Crippen LogP contribution in [0.2, 0.25) is 0 Å². The highest BCUT2D eigenvalue weighted by molar-refractivity contribution is 5.98. The van der Waals surface area contributed by atoms with Crippen molar-refractivity contribution in [3.05, 3.63) is 106 Å². The van der Waals surface area contributed by atoms with Crippen LogP contribution in [0.1, 0.15) is 74.9 Å². The summed E-state index contributed by atoms with van der Waals surface area (Å²) in [7, 11) is 1.24. The number of ketones is 1. The van der Waals surface area contributed by atoms with E-state index in [-0.39, 0.29) is 47.8 Å². The molecule has 10 heteroatoms. The van der Waals surface area contributed by atoms with Crippen LogP contribution in [-0.2, 0) is 27.5 Å². The first-order valence-corrected chi connectivity index (χ1v) is 13.3. The van der Waals surface area contributed by atoms with Crippen molar-refractivity contribution >= 4 is 11.8 Å². The molecule has 216 valence electrons. The summed E-state index contributed by atoms with van der Waals surface area (Å²) in [4.78, 5) is 33.7. The van der Waals surface area contributed by atoms with Crippen LogP contribution < -0.4 is 4.74 Å². The second-order valence-electron chi connectivity index (χ2n) is 10.0. The predicted octanol–water partition coefficient (Wildman–Crippen LogP) is 5.00. The van der Waals surface area contributed by atoms with Crippen LogP contribution in [0.25, 0.3) is 0 Å². The first-order chi connectivity index (χ1) is 20.2. The van der Waals surface area contributed by atoms with Crippen molar-refractivity contribution in [1.29, 1.82) is 0 Å². The van der Waals surface area contributed by atoms with E-state index < -0.39 is 29.5 Å². The predicted molar refractivity (Wildman–Crippen MR) is 151 cm³/mol. The van der Waals surface area contributed by atoms with Crippen molar-refractivity contribution in [2.24, 2.45) is 0 Å². The van der Waals surface area contributed by atoms with Gasteiger partial charge in [0.05, 0.1) is 37.1 Å². The number of aromatic nitrogens is 2. The number of Topliss-reactive ketones (excluding diaryl/α,β-unsaturated/α-hetero) is 1. The fraction of sp³-hybridized carbons (Fsp3) is 0.250. The van der Waals surface area contributed by atoms with Crippen LogP contribution in [0.4, 0.5) is 0 Å². The Kier molecular flexibility index (Phi) is 8.08. The van der Waals surface area contributed by atoms with Gasteiger partial charge in [-0.2, -0.15) is 0 Å². The minimum Gasteiger partial charge on any atom is -0.507 e. The van der Waals surface area contributed by atoms with Crippen LogP contribution in [0.5, 0.6) is 23.0 Å². The molecule has 2 aromatic heterocycles. The van der Waals surface area contributed by atoms with Gasteiger partial charge in [0.2, 0.25) is 0 Å². The zero-order valence-electron chi connectivity index (χ0n) is 23.3. The summed E-state index contributed by atoms with van der Waals surface area (Å²) in [5.74, 6) is -2.32. The lowest BCUT2D eigenvalue weighted by atomic mass is 9.83. The highest BCUT2D eigenvalue weighted by Gasteiger charge is 2.36. The number of aryl methyl sites for hydroxylation is 1. The molecular formula is C32H30N2O8. The number of hydrogen-bond acceptors (Lipinski definition) is 10. The van der Waals surface area contributed by atoms with E-state index >= 15 is 0 Å². The maximum atomic E-state index is 12.7. The molecule has 10 nitrogen and oxygen atoms in total. The Bertz CT molecular complexity index is 1640. The number of rotatable bonds is 9. The number of pyridine rings is 2. The second kappa shape index (κ2) is 11.9. The van der Waals surface area contributed by atoms with Crippen molar-refractivity contribution in [1.82, 2.24) is 9.97 Å². The standard InChI is InChI=1S/C32H30N2O8/c1-17-29(37)27-20(14-34-17)15-42-32(27)25-12-23(18(2)35)30(38)28(31(25)39)24(13-26(36)40-3)19-7-9-22(10-8-19)41-16-21-6-4-5-11-33-21/h4-12,14,24,32,37-39H,13,15-16H2,1-3H3. The molecule has 0 fully saturated rings. The van der Waals surface area contributed by atoms with E-state index in [1.165, 1.54) is 20.1 Å². The second-order valence-corrected chi connectivity index (χ2v) is 10.0. The lowest BCUT2D eigenvalue weighted by Crippen LogP contribution is -2.13. The molecule has 1 aliphatic rings. The first kappa shape index (κ1) is 28.6. The lowest BCUT2D eigenvalue weighted by Gasteiger charge is -2.24. The third-order valence-corrected chi connectivity index (χ3v) is 7.37. The minimum absolute atomic E-state index is 0.0347. The van der Waals surface area contributed by atoms with Gasteiger partial charge >= 0.3 is 5.97 Å². The molecule has 0 radical (unpaired) electrons. The molecule has 1 aliphatic heterocycles. The maximum Gasteiger partial charge on any atom is 0.306 e. The smallest absolute Gasteiger partial charge is 0.306 e. The summed E-state index contributed by atoms with van der Waals surface area (Å²) < 4.78 is 16.7. The fourth-order valence-corrected chi connectivity index (χ4v) is 5.14. The molecule has 42 heavy (non-hydrogen) atoms. The Morgan fingerprint density at radius 3 is 2.48 bits per heavy atom. The number of nitrogens with zero attached hydrogens (tertiary/aromatic N) is 2. The van der Waals surface area contributed by atoms with Crippen LogP contribution in [-0.4, -0.2) is 44.1 Å². The Labute approximate surface area is 242 Å². The van der Waals surface area contributed by atoms with E-state index in [1.807, 2.05) is 18.2 Å². The van der Waals surface area contributed by atoms with Gasteiger partial charge in [-0.3, -0.25) is 19.6 Å². The highest BCUT2D eigenvalue weighted by Crippen LogP contribution is 2.50. The summed E-state index contributed by atoms with van der Waals surface area (Å²) in [5.41, 5.74) is 2.80. The van der Waals surface area contributed by atoms with Gasteiger partial charge in [0.25, 0.3) is 0 Å². The van der Waals surface area contributed by atoms with Crippen LogP contribution >= 0.6 is 0 Å². The van der Waals surface area contributed by atoms with E-state index in [9.17, 15) is 24.9 Å². The van der Waals surface area contributed by atoms with Crippen molar-refractivity contribution < 1.29 is 39.1 Å². The zero-order valence-corrected chi connectivity index (χ0v) is 23.3. The molecule has 0 amide bonds. The average Bonchev–Trinajstić information content (AvgIpc) is 3.42. The van der Waals surface area contributed by atoms with Gasteiger partial charge in [-0.05, 0) is 49.7 Å². The Morgan fingerprint density at radius 1 is 1.05 bits per heavy atom. The number of ether oxygens (including phenoxy) is 3. The zero-order chi connectivity index (χ0) is 30.0. The molecule has 3 N–H and O–H groups in total. The number of esters is 1. The topological polar surface area (TPSA) is 148 Å². The van der Waals surface area contributed by atoms with Gasteiger partial charge in [0, 0.05) is 40.6 Å². The summed E-state index contributed by atoms with van der Waals surface area (Å²) in [6, 6.07) is 13.7. The lowest BCUT2D eigenvalue weighted by molar-refractivity contribution is -0.140. The molecule has 2 aromatic carbocycles. The molecular weight excluding hydrogens is 540 g/mol. The monoisotopic (exact) mass is 570 g/mol. The maximum absolute atomic E-state index is 12.7. The summed E-state index contributed by atoms with van der Waals surface area (Å²) >= 11 is 0. The number of carbonyl (C=O) groups is 2. The third-order valence-electron chi connectivity index (χ3n) is 7.37. The van der Waals surface area contributed by atoms with Crippen LogP contribution in [0.3, 0.4) is 0 Å². The molecule has 5 rings (SSSR count). The van der Waals surface area contributed by atoms with E-state index in [4.69, 9.17) is 14.2 Å². The number of phenolic OH excluding ortho intramolecular Hbond substituents is 2. The average molecular weight is 571 g/mol. The van der Waals surface area contributed by atoms with Gasteiger partial charge in [0.15, 0.2) is 5.78 Å². The summed E-state index contributed by atoms with van der Waals surface area (Å²) in [6.07, 6.45) is 2.08. The number of hydrogen-bond donors (Lipinski definition) is 3.